The van der Waals surface area contributed by atoms with Gasteiger partial charge < -0.3 is 5.32 Å². The molecule has 0 atom stereocenters. The summed E-state index contributed by atoms with van der Waals surface area (Å²) in [7, 11) is 0. The van der Waals surface area contributed by atoms with Gasteiger partial charge in [0.25, 0.3) is 0 Å². The average molecular weight is 261 g/mol. The van der Waals surface area contributed by atoms with Gasteiger partial charge in [0.15, 0.2) is 0 Å². The molecule has 96 valence electrons. The summed E-state index contributed by atoms with van der Waals surface area (Å²) in [6, 6.07) is 4.21. The van der Waals surface area contributed by atoms with Gasteiger partial charge in [0.2, 0.25) is 0 Å². The number of pyridine rings is 1. The van der Waals surface area contributed by atoms with Crippen LogP contribution in [0.25, 0.3) is 0 Å². The molecule has 0 saturated heterocycles. The molecule has 18 heavy (non-hydrogen) atoms. The molecule has 0 amide bonds. The molecular weight excluding hydrogens is 242 g/mol. The quantitative estimate of drug-likeness (QED) is 0.903. The van der Waals surface area contributed by atoms with E-state index in [1.54, 1.807) is 0 Å². The van der Waals surface area contributed by atoms with Crippen LogP contribution < -0.4 is 5.32 Å². The zero-order chi connectivity index (χ0) is 13.2. The van der Waals surface area contributed by atoms with E-state index in [-0.39, 0.29) is 0 Å². The molecule has 1 aliphatic rings. The molecular formula is C14H19N3S. The van der Waals surface area contributed by atoms with Crippen molar-refractivity contribution in [3.63, 3.8) is 0 Å². The average Bonchev–Trinajstić information content (AvgIpc) is 2.27. The highest BCUT2D eigenvalue weighted by atomic mass is 32.2. The van der Waals surface area contributed by atoms with E-state index in [0.29, 0.717) is 10.3 Å². The number of nitrogens with zero attached hydrogens (tertiary/aromatic N) is 2. The summed E-state index contributed by atoms with van der Waals surface area (Å²) in [5.74, 6) is 0.746. The molecule has 1 aromatic heterocycles. The SMILES string of the molecule is CSC1(CNc2nc(C)cc(C)c2C#N)CCC1. The fourth-order valence-corrected chi connectivity index (χ4v) is 3.29. The summed E-state index contributed by atoms with van der Waals surface area (Å²) >= 11 is 1.93. The zero-order valence-corrected chi connectivity index (χ0v) is 12.0. The topological polar surface area (TPSA) is 48.7 Å². The number of nitriles is 1. The van der Waals surface area contributed by atoms with E-state index in [1.807, 2.05) is 31.7 Å². The first kappa shape index (κ1) is 13.2. The maximum atomic E-state index is 9.21. The summed E-state index contributed by atoms with van der Waals surface area (Å²) in [5.41, 5.74) is 2.64. The molecule has 0 radical (unpaired) electrons. The fraction of sp³-hybridized carbons (Fsp3) is 0.571. The first-order valence-corrected chi connectivity index (χ1v) is 7.50. The van der Waals surface area contributed by atoms with Crippen molar-refractivity contribution in [2.45, 2.75) is 37.9 Å². The molecule has 1 fully saturated rings. The van der Waals surface area contributed by atoms with Gasteiger partial charge in [-0.1, -0.05) is 6.42 Å². The smallest absolute Gasteiger partial charge is 0.144 e. The number of aryl methyl sites for hydroxylation is 2. The fourth-order valence-electron chi connectivity index (χ4n) is 2.37. The van der Waals surface area contributed by atoms with Crippen LogP contribution in [0.1, 0.15) is 36.1 Å². The highest BCUT2D eigenvalue weighted by Gasteiger charge is 2.36. The number of anilines is 1. The largest absolute Gasteiger partial charge is 0.368 e. The molecule has 1 aliphatic carbocycles. The number of hydrogen-bond donors (Lipinski definition) is 1. The second-order valence-electron chi connectivity index (χ2n) is 5.01. The highest BCUT2D eigenvalue weighted by molar-refractivity contribution is 8.00. The molecule has 3 nitrogen and oxygen atoms in total. The standard InChI is InChI=1S/C14H19N3S/c1-10-7-11(2)17-13(12(10)8-15)16-9-14(18-3)5-4-6-14/h7H,4-6,9H2,1-3H3,(H,16,17). The van der Waals surface area contributed by atoms with Crippen LogP contribution in [0.3, 0.4) is 0 Å². The molecule has 1 aromatic rings. The lowest BCUT2D eigenvalue weighted by Crippen LogP contribution is -2.40. The van der Waals surface area contributed by atoms with Crippen molar-refractivity contribution in [1.29, 1.82) is 5.26 Å². The van der Waals surface area contributed by atoms with Gasteiger partial charge in [-0.05, 0) is 44.6 Å². The van der Waals surface area contributed by atoms with Crippen molar-refractivity contribution in [3.8, 4) is 6.07 Å². The van der Waals surface area contributed by atoms with Gasteiger partial charge in [-0.25, -0.2) is 4.98 Å². The van der Waals surface area contributed by atoms with Gasteiger partial charge in [-0.15, -0.1) is 0 Å². The van der Waals surface area contributed by atoms with Gasteiger partial charge in [0, 0.05) is 17.0 Å². The van der Waals surface area contributed by atoms with E-state index in [1.165, 1.54) is 19.3 Å². The van der Waals surface area contributed by atoms with E-state index in [4.69, 9.17) is 0 Å². The van der Waals surface area contributed by atoms with E-state index in [2.05, 4.69) is 22.6 Å². The Kier molecular flexibility index (Phi) is 3.82. The summed E-state index contributed by atoms with van der Waals surface area (Å²) in [6.07, 6.45) is 6.00. The molecule has 0 bridgehead atoms. The maximum Gasteiger partial charge on any atom is 0.144 e. The van der Waals surface area contributed by atoms with E-state index in [9.17, 15) is 5.26 Å². The normalized spacial score (nSPS) is 16.8. The predicted octanol–water partition coefficient (Wildman–Crippen LogP) is 3.27. The minimum absolute atomic E-state index is 0.353. The lowest BCUT2D eigenvalue weighted by Gasteiger charge is -2.40. The minimum Gasteiger partial charge on any atom is -0.368 e. The van der Waals surface area contributed by atoms with Crippen LogP contribution in [0.15, 0.2) is 6.07 Å². The Morgan fingerprint density at radius 3 is 2.72 bits per heavy atom. The Morgan fingerprint density at radius 1 is 1.50 bits per heavy atom. The Hall–Kier alpha value is -1.21. The van der Waals surface area contributed by atoms with Gasteiger partial charge in [0.1, 0.15) is 11.9 Å². The molecule has 1 heterocycles. The summed E-state index contributed by atoms with van der Waals surface area (Å²) < 4.78 is 0.353. The monoisotopic (exact) mass is 261 g/mol. The van der Waals surface area contributed by atoms with Crippen LogP contribution >= 0.6 is 11.8 Å². The van der Waals surface area contributed by atoms with Crippen molar-refractivity contribution < 1.29 is 0 Å². The van der Waals surface area contributed by atoms with E-state index in [0.717, 1.165) is 23.6 Å². The number of hydrogen-bond acceptors (Lipinski definition) is 4. The number of nitrogens with one attached hydrogen (secondary N) is 1. The third kappa shape index (κ3) is 2.46. The van der Waals surface area contributed by atoms with Crippen LogP contribution in [0.2, 0.25) is 0 Å². The Balaban J connectivity index is 2.16. The summed E-state index contributed by atoms with van der Waals surface area (Å²) in [6.45, 7) is 4.83. The van der Waals surface area contributed by atoms with Crippen LogP contribution in [0.4, 0.5) is 5.82 Å². The molecule has 0 aromatic carbocycles. The zero-order valence-electron chi connectivity index (χ0n) is 11.2. The molecule has 2 rings (SSSR count). The van der Waals surface area contributed by atoms with Gasteiger partial charge in [-0.3, -0.25) is 0 Å². The third-order valence-corrected chi connectivity index (χ3v) is 5.15. The van der Waals surface area contributed by atoms with Gasteiger partial charge in [0.05, 0.1) is 5.56 Å². The van der Waals surface area contributed by atoms with Crippen LogP contribution in [-0.2, 0) is 0 Å². The molecule has 1 N–H and O–H groups in total. The number of thioether (sulfide) groups is 1. The first-order valence-electron chi connectivity index (χ1n) is 6.27. The molecule has 0 aliphatic heterocycles. The van der Waals surface area contributed by atoms with Crippen LogP contribution in [0, 0.1) is 25.2 Å². The lowest BCUT2D eigenvalue weighted by atomic mass is 9.84. The minimum atomic E-state index is 0.353. The molecule has 4 heteroatoms. The maximum absolute atomic E-state index is 9.21. The van der Waals surface area contributed by atoms with Crippen molar-refractivity contribution in [2.24, 2.45) is 0 Å². The number of aromatic nitrogens is 1. The number of rotatable bonds is 4. The molecule has 0 unspecified atom stereocenters. The Morgan fingerprint density at radius 2 is 2.22 bits per heavy atom. The van der Waals surface area contributed by atoms with E-state index < -0.39 is 0 Å². The van der Waals surface area contributed by atoms with E-state index >= 15 is 0 Å². The summed E-state index contributed by atoms with van der Waals surface area (Å²) in [4.78, 5) is 4.46. The second kappa shape index (κ2) is 5.19. The Labute approximate surface area is 113 Å². The van der Waals surface area contributed by atoms with Crippen LogP contribution in [-0.4, -0.2) is 22.5 Å². The van der Waals surface area contributed by atoms with Crippen molar-refractivity contribution in [1.82, 2.24) is 4.98 Å². The lowest BCUT2D eigenvalue weighted by molar-refractivity contribution is 0.379. The second-order valence-corrected chi connectivity index (χ2v) is 6.28. The third-order valence-electron chi connectivity index (χ3n) is 3.73. The van der Waals surface area contributed by atoms with Gasteiger partial charge in [-0.2, -0.15) is 17.0 Å². The molecule has 1 saturated carbocycles. The Bertz CT molecular complexity index is 481. The molecule has 0 spiro atoms. The van der Waals surface area contributed by atoms with Crippen molar-refractivity contribution in [3.05, 3.63) is 22.9 Å². The highest BCUT2D eigenvalue weighted by Crippen LogP contribution is 2.42. The first-order chi connectivity index (χ1) is 8.60. The van der Waals surface area contributed by atoms with Gasteiger partial charge >= 0.3 is 0 Å². The predicted molar refractivity (Wildman–Crippen MR) is 77.0 cm³/mol. The van der Waals surface area contributed by atoms with Crippen molar-refractivity contribution >= 4 is 17.6 Å². The summed E-state index contributed by atoms with van der Waals surface area (Å²) in [5, 5.41) is 12.6. The van der Waals surface area contributed by atoms with Crippen LogP contribution in [0.5, 0.6) is 0 Å². The van der Waals surface area contributed by atoms with Crippen molar-refractivity contribution in [2.75, 3.05) is 18.1 Å².